The van der Waals surface area contributed by atoms with Gasteiger partial charge in [-0.2, -0.15) is 0 Å². The van der Waals surface area contributed by atoms with Crippen LogP contribution in [0, 0.1) is 0 Å². The van der Waals surface area contributed by atoms with E-state index in [-0.39, 0.29) is 21.7 Å². The van der Waals surface area contributed by atoms with Gasteiger partial charge in [0.25, 0.3) is 0 Å². The summed E-state index contributed by atoms with van der Waals surface area (Å²) in [6, 6.07) is 32.2. The largest absolute Gasteiger partial charge is 0.497 e. The molecule has 0 aliphatic heterocycles. The minimum absolute atomic E-state index is 0.271. The molecule has 0 unspecified atom stereocenters. The zero-order chi connectivity index (χ0) is 50.5. The van der Waals surface area contributed by atoms with Gasteiger partial charge in [-0.05, 0) is 82.3 Å². The van der Waals surface area contributed by atoms with Crippen LogP contribution in [0.3, 0.4) is 0 Å². The predicted molar refractivity (Wildman–Crippen MR) is 287 cm³/mol. The van der Waals surface area contributed by atoms with Crippen molar-refractivity contribution < 1.29 is 45.0 Å². The molecule has 0 aliphatic rings. The maximum absolute atomic E-state index is 7.05. The highest BCUT2D eigenvalue weighted by Crippen LogP contribution is 2.49. The monoisotopic (exact) mass is 986 g/mol. The molecule has 0 amide bonds. The van der Waals surface area contributed by atoms with Crippen LogP contribution in [0.2, 0.25) is 0 Å². The van der Waals surface area contributed by atoms with E-state index in [1.165, 1.54) is 0 Å². The molecule has 0 saturated heterocycles. The van der Waals surface area contributed by atoms with Gasteiger partial charge in [0.15, 0.2) is 0 Å². The number of para-hydroxylation sites is 2. The van der Waals surface area contributed by atoms with E-state index in [2.05, 4.69) is 95.2 Å². The van der Waals surface area contributed by atoms with E-state index >= 15 is 0 Å². The Balaban J connectivity index is 1.24. The third kappa shape index (κ3) is 10.2. The SMILES string of the molecule is COc1cc(C(C)(C)C)c2op(CCOc3ccccc3-c3ccccc3Op3oc4c(C(C)(C)C)cc(OC)cc4c4cc(OC)cc(C(C)(C)C)c4o3)oc3c(C(C)(C)C)cc(OC)cc3c2c1. The molecule has 12 heteroatoms. The fourth-order valence-corrected chi connectivity index (χ4v) is 11.1. The van der Waals surface area contributed by atoms with E-state index in [9.17, 15) is 0 Å². The van der Waals surface area contributed by atoms with Gasteiger partial charge in [0.05, 0.1) is 34.6 Å². The summed E-state index contributed by atoms with van der Waals surface area (Å²) in [6.45, 7) is 26.4. The zero-order valence-corrected chi connectivity index (χ0v) is 45.4. The number of fused-ring (bicyclic) bond motifs is 6. The van der Waals surface area contributed by atoms with Gasteiger partial charge < -0.3 is 45.0 Å². The molecule has 0 fully saturated rings. The fraction of sp³-hybridized carbons (Fsp3) is 0.379. The molecule has 0 aliphatic carbocycles. The predicted octanol–water partition coefficient (Wildman–Crippen LogP) is 17.7. The van der Waals surface area contributed by atoms with E-state index < -0.39 is 16.3 Å². The van der Waals surface area contributed by atoms with Crippen LogP contribution in [0.25, 0.3) is 55.0 Å². The maximum atomic E-state index is 7.05. The molecular weight excluding hydrogens is 919 g/mol. The van der Waals surface area contributed by atoms with Crippen LogP contribution in [-0.2, 0) is 27.8 Å². The number of methoxy groups -OCH3 is 4. The van der Waals surface area contributed by atoms with Gasteiger partial charge in [-0.25, -0.2) is 0 Å². The maximum Gasteiger partial charge on any atom is 0.453 e. The summed E-state index contributed by atoms with van der Waals surface area (Å²) < 4.78 is 65.3. The first kappa shape index (κ1) is 50.3. The summed E-state index contributed by atoms with van der Waals surface area (Å²) >= 11 is 0. The van der Waals surface area contributed by atoms with Crippen LogP contribution < -0.4 is 28.2 Å². The van der Waals surface area contributed by atoms with Crippen LogP contribution in [0.15, 0.2) is 114 Å². The Labute approximate surface area is 414 Å². The lowest BCUT2D eigenvalue weighted by atomic mass is 9.84. The Bertz CT molecular complexity index is 3150. The van der Waals surface area contributed by atoms with Crippen molar-refractivity contribution >= 4 is 60.1 Å². The molecule has 6 aromatic carbocycles. The third-order valence-corrected chi connectivity index (χ3v) is 14.8. The normalized spacial score (nSPS) is 12.4. The first-order chi connectivity index (χ1) is 33.0. The highest BCUT2D eigenvalue weighted by molar-refractivity contribution is 7.36. The van der Waals surface area contributed by atoms with Crippen LogP contribution in [0.5, 0.6) is 34.5 Å². The summed E-state index contributed by atoms with van der Waals surface area (Å²) in [7, 11) is 3.12. The molecule has 0 bridgehead atoms. The van der Waals surface area contributed by atoms with Crippen molar-refractivity contribution in [3.8, 4) is 45.6 Å². The Morgan fingerprint density at radius 3 is 1.06 bits per heavy atom. The molecule has 0 spiro atoms. The number of rotatable bonds is 11. The van der Waals surface area contributed by atoms with E-state index in [1.807, 2.05) is 84.9 Å². The number of benzene rings is 6. The lowest BCUT2D eigenvalue weighted by Crippen LogP contribution is -2.12. The van der Waals surface area contributed by atoms with Crippen molar-refractivity contribution in [1.29, 1.82) is 0 Å². The van der Waals surface area contributed by atoms with Crippen LogP contribution in [0.4, 0.5) is 0 Å². The van der Waals surface area contributed by atoms with Crippen molar-refractivity contribution in [2.75, 3.05) is 35.0 Å². The average molecular weight is 987 g/mol. The van der Waals surface area contributed by atoms with E-state index in [0.717, 1.165) is 77.6 Å². The second-order valence-electron chi connectivity index (χ2n) is 21.8. The highest BCUT2D eigenvalue weighted by Gasteiger charge is 2.29. The van der Waals surface area contributed by atoms with Crippen molar-refractivity contribution in [3.63, 3.8) is 0 Å². The number of hydrogen-bond donors (Lipinski definition) is 0. The fourth-order valence-electron chi connectivity index (χ4n) is 8.72. The lowest BCUT2D eigenvalue weighted by Gasteiger charge is -2.21. The molecule has 10 nitrogen and oxygen atoms in total. The Morgan fingerprint density at radius 1 is 0.400 bits per heavy atom. The Kier molecular flexibility index (Phi) is 13.8. The molecule has 8 aromatic rings. The molecule has 0 N–H and O–H groups in total. The standard InChI is InChI=1S/C58H68O10P2/c1-55(2,3)45-31-35(59-13)27-41-42-28-36(60-14)32-46(56(4,5)6)52(42)66-69(65-51(41)45)26-25-63-49-23-19-17-21-39(49)40-22-18-20-24-50(40)64-70-67-53-43(29-37(61-15)33-47(53)57(7,8)9)44-30-38(62-16)34-48(54(44)68-70)58(10,11)12/h17-24,27-34H,25-26H2,1-16H3. The third-order valence-electron chi connectivity index (χ3n) is 12.5. The van der Waals surface area contributed by atoms with Crippen LogP contribution >= 0.6 is 16.3 Å². The molecule has 0 saturated carbocycles. The molecule has 0 atom stereocenters. The molecule has 2 aromatic heterocycles. The summed E-state index contributed by atoms with van der Waals surface area (Å²) in [4.78, 5) is 0. The molecule has 2 heterocycles. The summed E-state index contributed by atoms with van der Waals surface area (Å²) in [5.41, 5.74) is 7.32. The van der Waals surface area contributed by atoms with Crippen molar-refractivity contribution in [2.45, 2.75) is 111 Å². The first-order valence-corrected chi connectivity index (χ1v) is 26.2. The van der Waals surface area contributed by atoms with Gasteiger partial charge in [0.2, 0.25) is 8.01 Å². The minimum Gasteiger partial charge on any atom is -0.497 e. The number of hydrogen-bond acceptors (Lipinski definition) is 10. The van der Waals surface area contributed by atoms with Crippen molar-refractivity contribution in [2.24, 2.45) is 0 Å². The highest BCUT2D eigenvalue weighted by atomic mass is 31.1. The zero-order valence-electron chi connectivity index (χ0n) is 43.6. The summed E-state index contributed by atoms with van der Waals surface area (Å²) in [5.74, 6) is 4.17. The van der Waals surface area contributed by atoms with Gasteiger partial charge in [-0.15, -0.1) is 0 Å². The van der Waals surface area contributed by atoms with Crippen LogP contribution in [-0.4, -0.2) is 35.0 Å². The van der Waals surface area contributed by atoms with Crippen LogP contribution in [0.1, 0.15) is 105 Å². The van der Waals surface area contributed by atoms with Gasteiger partial charge >= 0.3 is 8.24 Å². The Morgan fingerprint density at radius 2 is 0.714 bits per heavy atom. The van der Waals surface area contributed by atoms with Gasteiger partial charge in [0, 0.05) is 54.9 Å². The number of ether oxygens (including phenoxy) is 5. The molecular formula is C58H68O10P2. The van der Waals surface area contributed by atoms with E-state index in [4.69, 9.17) is 45.0 Å². The van der Waals surface area contributed by atoms with Crippen molar-refractivity contribution in [1.82, 2.24) is 0 Å². The van der Waals surface area contributed by atoms with E-state index in [0.29, 0.717) is 46.9 Å². The average Bonchev–Trinajstić information content (AvgIpc) is 3.56. The Hall–Kier alpha value is -6.08. The second-order valence-corrected chi connectivity index (χ2v) is 24.3. The summed E-state index contributed by atoms with van der Waals surface area (Å²) in [5, 5.41) is 3.47. The van der Waals surface area contributed by atoms with Gasteiger partial charge in [0.1, 0.15) is 63.4 Å². The first-order valence-electron chi connectivity index (χ1n) is 23.7. The summed E-state index contributed by atoms with van der Waals surface area (Å²) in [6.07, 6.45) is 0.472. The molecule has 8 rings (SSSR count). The quantitative estimate of drug-likeness (QED) is 0.124. The molecule has 70 heavy (non-hydrogen) atoms. The topological polar surface area (TPSA) is 108 Å². The van der Waals surface area contributed by atoms with Gasteiger partial charge in [-0.3, -0.25) is 0 Å². The van der Waals surface area contributed by atoms with Crippen molar-refractivity contribution in [3.05, 3.63) is 119 Å². The smallest absolute Gasteiger partial charge is 0.453 e. The molecule has 370 valence electrons. The second kappa shape index (κ2) is 19.3. The minimum atomic E-state index is -2.08. The van der Waals surface area contributed by atoms with E-state index in [1.54, 1.807) is 28.4 Å². The lowest BCUT2D eigenvalue weighted by molar-refractivity contribution is 0.330. The molecule has 0 radical (unpaired) electrons. The van der Waals surface area contributed by atoms with Gasteiger partial charge in [-0.1, -0.05) is 119 Å².